The molecular weight excluding hydrogens is 427 g/mol. The zero-order chi connectivity index (χ0) is 20.8. The standard InChI is InChI=1S/C19H11ClF3N3O2S/c20-18-24-9-12(29-18)10-26-14(15(27)19(21,22)23)17(28)25-8-4-7-13(16(25)26)11-5-2-1-3-6-11/h1-9H,10H2/p+1. The molecule has 0 fully saturated rings. The molecule has 0 bridgehead atoms. The average Bonchev–Trinajstić information content (AvgIpc) is 3.22. The summed E-state index contributed by atoms with van der Waals surface area (Å²) < 4.78 is 42.4. The van der Waals surface area contributed by atoms with Crippen molar-refractivity contribution in [2.24, 2.45) is 0 Å². The molecule has 3 aromatic heterocycles. The predicted octanol–water partition coefficient (Wildman–Crippen LogP) is 4.50. The van der Waals surface area contributed by atoms with Crippen molar-refractivity contribution in [1.82, 2.24) is 9.55 Å². The number of hydrogen-bond acceptors (Lipinski definition) is 4. The van der Waals surface area contributed by atoms with Gasteiger partial charge in [-0.3, -0.25) is 4.79 Å². The normalized spacial score (nSPS) is 11.9. The fourth-order valence-electron chi connectivity index (χ4n) is 3.16. The Morgan fingerprint density at radius 3 is 2.55 bits per heavy atom. The van der Waals surface area contributed by atoms with E-state index in [0.717, 1.165) is 21.5 Å². The number of nitrogens with zero attached hydrogens (tertiary/aromatic N) is 3. The Kier molecular flexibility index (Phi) is 4.79. The maximum atomic E-state index is 13.3. The number of benzene rings is 1. The van der Waals surface area contributed by atoms with Crippen LogP contribution < -0.4 is 4.40 Å². The summed E-state index contributed by atoms with van der Waals surface area (Å²) in [7, 11) is 0. The van der Waals surface area contributed by atoms with Gasteiger partial charge in [-0.25, -0.2) is 9.55 Å². The molecule has 1 N–H and O–H groups in total. The number of Topliss-reactive ketones (excluding diaryl/α,β-unsaturated/α-hetero) is 1. The minimum atomic E-state index is -5.15. The number of rotatable bonds is 4. The van der Waals surface area contributed by atoms with E-state index in [0.29, 0.717) is 10.4 Å². The molecule has 0 aliphatic heterocycles. The fraction of sp³-hybridized carbons (Fsp3) is 0.105. The number of halogens is 4. The van der Waals surface area contributed by atoms with Crippen LogP contribution in [0, 0.1) is 0 Å². The lowest BCUT2D eigenvalue weighted by Crippen LogP contribution is -2.26. The van der Waals surface area contributed by atoms with Gasteiger partial charge < -0.3 is 5.11 Å². The molecule has 0 radical (unpaired) electrons. The lowest BCUT2D eigenvalue weighted by molar-refractivity contribution is -0.520. The first-order valence-corrected chi connectivity index (χ1v) is 9.50. The molecule has 0 atom stereocenters. The maximum absolute atomic E-state index is 13.3. The second kappa shape index (κ2) is 7.16. The average molecular weight is 439 g/mol. The van der Waals surface area contributed by atoms with Crippen LogP contribution in [0.2, 0.25) is 4.47 Å². The topological polar surface area (TPSA) is 59.2 Å². The summed E-state index contributed by atoms with van der Waals surface area (Å²) >= 11 is 6.93. The number of hydrogen-bond donors (Lipinski definition) is 1. The second-order valence-electron chi connectivity index (χ2n) is 6.15. The van der Waals surface area contributed by atoms with Gasteiger partial charge in [-0.1, -0.05) is 41.9 Å². The summed E-state index contributed by atoms with van der Waals surface area (Å²) in [6.45, 7) is -0.116. The Bertz CT molecular complexity index is 1220. The van der Waals surface area contributed by atoms with Crippen LogP contribution in [-0.4, -0.2) is 26.6 Å². The van der Waals surface area contributed by atoms with Gasteiger partial charge in [-0.05, 0) is 17.7 Å². The van der Waals surface area contributed by atoms with E-state index >= 15 is 0 Å². The van der Waals surface area contributed by atoms with Crippen LogP contribution in [0.5, 0.6) is 5.88 Å². The summed E-state index contributed by atoms with van der Waals surface area (Å²) in [4.78, 5) is 16.6. The van der Waals surface area contributed by atoms with Crippen molar-refractivity contribution in [2.45, 2.75) is 12.7 Å². The van der Waals surface area contributed by atoms with Crippen LogP contribution >= 0.6 is 22.9 Å². The summed E-state index contributed by atoms with van der Waals surface area (Å²) in [6.07, 6.45) is -2.32. The summed E-state index contributed by atoms with van der Waals surface area (Å²) in [5, 5.41) is 10.5. The van der Waals surface area contributed by atoms with Gasteiger partial charge in [-0.2, -0.15) is 17.6 Å². The van der Waals surface area contributed by atoms with Gasteiger partial charge in [0.05, 0.1) is 16.6 Å². The number of pyridine rings is 1. The van der Waals surface area contributed by atoms with E-state index in [9.17, 15) is 23.1 Å². The SMILES string of the molecule is O=C(c1c(O)[n+]2cccc(-c3ccccc3)c2n1Cc1cnc(Cl)s1)C(F)(F)F. The highest BCUT2D eigenvalue weighted by Gasteiger charge is 2.48. The fourth-order valence-corrected chi connectivity index (χ4v) is 4.12. The number of fused-ring (bicyclic) bond motifs is 1. The predicted molar refractivity (Wildman–Crippen MR) is 101 cm³/mol. The molecule has 10 heteroatoms. The molecule has 0 saturated heterocycles. The van der Waals surface area contributed by atoms with Crippen molar-refractivity contribution in [3.8, 4) is 17.0 Å². The van der Waals surface area contributed by atoms with Gasteiger partial charge >= 0.3 is 17.8 Å². The molecule has 4 rings (SSSR count). The molecule has 0 saturated carbocycles. The molecule has 0 unspecified atom stereocenters. The largest absolute Gasteiger partial charge is 0.474 e. The van der Waals surface area contributed by atoms with E-state index in [1.807, 2.05) is 6.07 Å². The second-order valence-corrected chi connectivity index (χ2v) is 7.84. The minimum Gasteiger partial charge on any atom is -0.474 e. The first-order valence-electron chi connectivity index (χ1n) is 8.30. The van der Waals surface area contributed by atoms with Gasteiger partial charge in [0, 0.05) is 6.20 Å². The number of ketones is 1. The molecule has 0 aliphatic rings. The van der Waals surface area contributed by atoms with E-state index in [1.54, 1.807) is 36.4 Å². The highest BCUT2D eigenvalue weighted by atomic mass is 35.5. The molecule has 0 spiro atoms. The lowest BCUT2D eigenvalue weighted by Gasteiger charge is -2.06. The number of thiazole rings is 1. The molecule has 0 aliphatic carbocycles. The highest BCUT2D eigenvalue weighted by Crippen LogP contribution is 2.32. The molecular formula is C19H12ClF3N3O2S+. The number of carbonyl (C=O) groups excluding carboxylic acids is 1. The molecule has 4 aromatic rings. The van der Waals surface area contributed by atoms with Crippen molar-refractivity contribution in [3.05, 3.63) is 69.9 Å². The van der Waals surface area contributed by atoms with Crippen LogP contribution in [-0.2, 0) is 6.54 Å². The van der Waals surface area contributed by atoms with Gasteiger partial charge in [0.2, 0.25) is 0 Å². The summed E-state index contributed by atoms with van der Waals surface area (Å²) in [5.74, 6) is -2.91. The zero-order valence-electron chi connectivity index (χ0n) is 14.5. The molecule has 5 nitrogen and oxygen atoms in total. The van der Waals surface area contributed by atoms with Crippen LogP contribution in [0.3, 0.4) is 0 Å². The summed E-state index contributed by atoms with van der Waals surface area (Å²) in [6, 6.07) is 12.3. The van der Waals surface area contributed by atoms with Crippen molar-refractivity contribution >= 4 is 34.4 Å². The van der Waals surface area contributed by atoms with Crippen molar-refractivity contribution in [1.29, 1.82) is 0 Å². The smallest absolute Gasteiger partial charge is 0.459 e. The number of alkyl halides is 3. The van der Waals surface area contributed by atoms with Crippen molar-refractivity contribution in [2.75, 3.05) is 0 Å². The Balaban J connectivity index is 2.05. The van der Waals surface area contributed by atoms with Crippen LogP contribution in [0.4, 0.5) is 13.2 Å². The Morgan fingerprint density at radius 2 is 1.93 bits per heavy atom. The zero-order valence-corrected chi connectivity index (χ0v) is 16.1. The maximum Gasteiger partial charge on any atom is 0.459 e. The number of imidazole rings is 1. The molecule has 0 amide bonds. The number of aromatic hydroxyl groups is 1. The lowest BCUT2D eigenvalue weighted by atomic mass is 10.1. The van der Waals surface area contributed by atoms with E-state index in [1.165, 1.54) is 16.8 Å². The van der Waals surface area contributed by atoms with E-state index < -0.39 is 23.5 Å². The Hall–Kier alpha value is -2.91. The first kappa shape index (κ1) is 19.4. The van der Waals surface area contributed by atoms with Gasteiger partial charge in [0.25, 0.3) is 11.3 Å². The third-order valence-corrected chi connectivity index (χ3v) is 5.43. The monoisotopic (exact) mass is 438 g/mol. The number of aromatic nitrogens is 3. The van der Waals surface area contributed by atoms with Crippen molar-refractivity contribution in [3.63, 3.8) is 0 Å². The Morgan fingerprint density at radius 1 is 1.21 bits per heavy atom. The van der Waals surface area contributed by atoms with Gasteiger partial charge in [-0.15, -0.1) is 11.3 Å². The highest BCUT2D eigenvalue weighted by molar-refractivity contribution is 7.15. The third kappa shape index (κ3) is 3.47. The number of carbonyl (C=O) groups is 1. The summed E-state index contributed by atoms with van der Waals surface area (Å²) in [5.41, 5.74) is 0.677. The minimum absolute atomic E-state index is 0.116. The van der Waals surface area contributed by atoms with E-state index in [-0.39, 0.29) is 16.7 Å². The van der Waals surface area contributed by atoms with Crippen LogP contribution in [0.15, 0.2) is 54.9 Å². The quantitative estimate of drug-likeness (QED) is 0.377. The molecule has 3 heterocycles. The van der Waals surface area contributed by atoms with E-state index in [4.69, 9.17) is 11.6 Å². The Labute approximate surface area is 171 Å². The molecule has 29 heavy (non-hydrogen) atoms. The van der Waals surface area contributed by atoms with Gasteiger partial charge in [0.15, 0.2) is 4.47 Å². The van der Waals surface area contributed by atoms with Gasteiger partial charge in [0.1, 0.15) is 6.54 Å². The molecule has 148 valence electrons. The first-order chi connectivity index (χ1) is 13.8. The molecule has 1 aromatic carbocycles. The van der Waals surface area contributed by atoms with Crippen LogP contribution in [0.1, 0.15) is 15.4 Å². The van der Waals surface area contributed by atoms with Crippen LogP contribution in [0.25, 0.3) is 16.8 Å². The van der Waals surface area contributed by atoms with E-state index in [2.05, 4.69) is 4.98 Å². The third-order valence-electron chi connectivity index (χ3n) is 4.33. The van der Waals surface area contributed by atoms with Crippen molar-refractivity contribution < 1.29 is 27.5 Å².